The zero-order valence-electron chi connectivity index (χ0n) is 40.1. The molecule has 4 N–H and O–H groups in total. The van der Waals surface area contributed by atoms with Gasteiger partial charge in [0.05, 0.1) is 40.1 Å². The third kappa shape index (κ3) is 10.4. The number of hydrogen-bond acceptors (Lipinski definition) is 12. The Kier molecular flexibility index (Phi) is 14.7. The lowest BCUT2D eigenvalue weighted by Crippen LogP contribution is -2.53. The van der Waals surface area contributed by atoms with Crippen molar-refractivity contribution in [3.63, 3.8) is 0 Å². The van der Waals surface area contributed by atoms with Gasteiger partial charge < -0.3 is 25.2 Å². The molecular formula is C51H56F3N11O6S. The van der Waals surface area contributed by atoms with Crippen LogP contribution in [0.3, 0.4) is 0 Å². The number of pyridine rings is 1. The summed E-state index contributed by atoms with van der Waals surface area (Å²) in [5.41, 5.74) is 11.8. The van der Waals surface area contributed by atoms with Gasteiger partial charge in [-0.05, 0) is 93.8 Å². The standard InChI is InChI=1S/C51H56F3N11O6S/c1-30(32-7-10-36(52)11-8-32)71-42-25-33(9-12-39(42)60-72(70)51(53)54)46-45-47(62(3)59-46)38(27-56-48(45)55)35-26-57-65(28-35)37-18-21-63(22-19-37)20-15-31-16-23-64(24-17-31)40-6-4-5-34(29-66)44(40)50(69)61(2)41-13-14-43(67)58-49(41)68/h4-12,25-31,37,41,51,60H,13-24H2,1-3H3,(H2,55,56)(H,58,67,68). The van der Waals surface area contributed by atoms with E-state index in [1.807, 2.05) is 23.1 Å². The maximum atomic E-state index is 13.9. The lowest BCUT2D eigenvalue weighted by molar-refractivity contribution is -0.136. The minimum atomic E-state index is -3.15. The number of halogens is 3. The van der Waals surface area contributed by atoms with Crippen molar-refractivity contribution in [2.24, 2.45) is 13.0 Å². The number of likely N-dealkylation sites (tertiary alicyclic amines) is 1. The molecule has 378 valence electrons. The Morgan fingerprint density at radius 3 is 2.47 bits per heavy atom. The Morgan fingerprint density at radius 1 is 1.01 bits per heavy atom. The van der Waals surface area contributed by atoms with Crippen LogP contribution in [-0.2, 0) is 27.6 Å². The molecule has 3 aliphatic rings. The van der Waals surface area contributed by atoms with Gasteiger partial charge in [-0.25, -0.2) is 13.6 Å². The number of piperidine rings is 3. The van der Waals surface area contributed by atoms with Crippen LogP contribution in [0, 0.1) is 11.7 Å². The molecule has 6 heterocycles. The highest BCUT2D eigenvalue weighted by Crippen LogP contribution is 2.41. The number of nitrogens with zero attached hydrogens (tertiary/aromatic N) is 8. The number of aldehydes is 1. The number of rotatable bonds is 16. The normalized spacial score (nSPS) is 18.0. The first-order valence-electron chi connectivity index (χ1n) is 24.0. The maximum Gasteiger partial charge on any atom is 0.330 e. The Labute approximate surface area is 416 Å². The van der Waals surface area contributed by atoms with Crippen molar-refractivity contribution in [2.75, 3.05) is 55.1 Å². The molecule has 0 radical (unpaired) electrons. The summed E-state index contributed by atoms with van der Waals surface area (Å²) in [6, 6.07) is 15.1. The Hall–Kier alpha value is -7.13. The number of ether oxygens (including phenoxy) is 1. The monoisotopic (exact) mass is 1010 g/mol. The summed E-state index contributed by atoms with van der Waals surface area (Å²) in [5.74, 6) is -4.02. The van der Waals surface area contributed by atoms with Crippen molar-refractivity contribution < 1.29 is 41.3 Å². The minimum Gasteiger partial charge on any atom is -0.484 e. The van der Waals surface area contributed by atoms with Crippen LogP contribution in [0.4, 0.5) is 30.4 Å². The first-order chi connectivity index (χ1) is 34.7. The second-order valence-electron chi connectivity index (χ2n) is 18.7. The summed E-state index contributed by atoms with van der Waals surface area (Å²) in [4.78, 5) is 61.0. The van der Waals surface area contributed by atoms with Crippen molar-refractivity contribution in [3.8, 4) is 28.1 Å². The van der Waals surface area contributed by atoms with Crippen molar-refractivity contribution >= 4 is 63.1 Å². The molecule has 0 aliphatic carbocycles. The number of imide groups is 1. The molecule has 3 amide bonds. The second-order valence-corrected chi connectivity index (χ2v) is 19.8. The topological polar surface area (TPSA) is 203 Å². The molecule has 0 spiro atoms. The highest BCUT2D eigenvalue weighted by atomic mass is 32.2. The highest BCUT2D eigenvalue weighted by molar-refractivity contribution is 7.86. The fourth-order valence-electron chi connectivity index (χ4n) is 10.2. The first kappa shape index (κ1) is 49.8. The Bertz CT molecular complexity index is 3020. The summed E-state index contributed by atoms with van der Waals surface area (Å²) in [5, 5.41) is 12.5. The molecule has 3 fully saturated rings. The van der Waals surface area contributed by atoms with Gasteiger partial charge in [-0.1, -0.05) is 30.3 Å². The Morgan fingerprint density at radius 2 is 1.76 bits per heavy atom. The molecule has 3 aliphatic heterocycles. The van der Waals surface area contributed by atoms with Gasteiger partial charge in [-0.3, -0.25) is 38.6 Å². The van der Waals surface area contributed by atoms with Crippen LogP contribution in [0.25, 0.3) is 33.3 Å². The summed E-state index contributed by atoms with van der Waals surface area (Å²) in [6.45, 7) is 5.99. The van der Waals surface area contributed by atoms with Crippen LogP contribution >= 0.6 is 0 Å². The first-order valence-corrected chi connectivity index (χ1v) is 25.2. The molecule has 3 aromatic carbocycles. The van der Waals surface area contributed by atoms with E-state index >= 15 is 0 Å². The van der Waals surface area contributed by atoms with Crippen LogP contribution in [-0.4, -0.2) is 114 Å². The van der Waals surface area contributed by atoms with Gasteiger partial charge >= 0.3 is 5.76 Å². The molecular weight excluding hydrogens is 952 g/mol. The molecule has 3 unspecified atom stereocenters. The third-order valence-corrected chi connectivity index (χ3v) is 15.0. The van der Waals surface area contributed by atoms with Crippen LogP contribution in [0.15, 0.2) is 79.3 Å². The molecule has 3 aromatic heterocycles. The average molecular weight is 1010 g/mol. The van der Waals surface area contributed by atoms with Crippen LogP contribution < -0.4 is 25.4 Å². The molecule has 21 heteroatoms. The number of aryl methyl sites for hydroxylation is 1. The molecule has 0 saturated carbocycles. The van der Waals surface area contributed by atoms with E-state index in [0.717, 1.165) is 76.0 Å². The fraction of sp³-hybridized carbons (Fsp3) is 0.392. The number of carbonyl (C=O) groups is 4. The van der Waals surface area contributed by atoms with Gasteiger partial charge in [0.15, 0.2) is 17.3 Å². The summed E-state index contributed by atoms with van der Waals surface area (Å²) in [7, 11) is 0.629. The van der Waals surface area contributed by atoms with E-state index in [2.05, 4.69) is 24.8 Å². The molecule has 9 rings (SSSR count). The minimum absolute atomic E-state index is 0.0689. The number of anilines is 3. The lowest BCUT2D eigenvalue weighted by atomic mass is 9.91. The summed E-state index contributed by atoms with van der Waals surface area (Å²) < 4.78 is 65.0. The van der Waals surface area contributed by atoms with Crippen molar-refractivity contribution in [1.29, 1.82) is 0 Å². The van der Waals surface area contributed by atoms with E-state index in [1.54, 1.807) is 68.3 Å². The number of hydrogen-bond donors (Lipinski definition) is 3. The van der Waals surface area contributed by atoms with E-state index in [4.69, 9.17) is 20.7 Å². The van der Waals surface area contributed by atoms with Gasteiger partial charge in [-0.2, -0.15) is 19.0 Å². The molecule has 72 heavy (non-hydrogen) atoms. The number of fused-ring (bicyclic) bond motifs is 1. The predicted molar refractivity (Wildman–Crippen MR) is 267 cm³/mol. The largest absolute Gasteiger partial charge is 0.484 e. The van der Waals surface area contributed by atoms with E-state index in [9.17, 15) is 36.6 Å². The zero-order valence-corrected chi connectivity index (χ0v) is 40.9. The maximum absolute atomic E-state index is 13.9. The quantitative estimate of drug-likeness (QED) is 0.0647. The highest BCUT2D eigenvalue weighted by Gasteiger charge is 2.35. The van der Waals surface area contributed by atoms with Crippen molar-refractivity contribution in [3.05, 3.63) is 102 Å². The van der Waals surface area contributed by atoms with Gasteiger partial charge in [0.25, 0.3) is 5.91 Å². The average Bonchev–Trinajstić information content (AvgIpc) is 4.02. The third-order valence-electron chi connectivity index (χ3n) is 14.2. The molecule has 17 nitrogen and oxygen atoms in total. The SMILES string of the molecule is CC(Oc1cc(-c2nn(C)c3c(-c4cnn(C5CCN(CCC6CCN(c7cccc(C=O)c7C(=O)N(C)C7CCC(=O)NC7=O)CC6)CC5)c4)cnc(N)c23)ccc1NS(=O)C(F)F)c1ccc(F)cc1. The molecule has 3 atom stereocenters. The van der Waals surface area contributed by atoms with E-state index in [-0.39, 0.29) is 53.2 Å². The van der Waals surface area contributed by atoms with E-state index in [0.29, 0.717) is 45.6 Å². The number of alkyl halides is 2. The zero-order chi connectivity index (χ0) is 50.8. The predicted octanol–water partition coefficient (Wildman–Crippen LogP) is 7.29. The molecule has 6 aromatic rings. The number of carbonyl (C=O) groups excluding carboxylic acids is 4. The van der Waals surface area contributed by atoms with E-state index < -0.39 is 46.5 Å². The molecule has 0 bridgehead atoms. The van der Waals surface area contributed by atoms with Crippen molar-refractivity contribution in [1.82, 2.24) is 39.7 Å². The van der Waals surface area contributed by atoms with Gasteiger partial charge in [-0.15, -0.1) is 0 Å². The van der Waals surface area contributed by atoms with Gasteiger partial charge in [0, 0.05) is 81.3 Å². The van der Waals surface area contributed by atoms with Gasteiger partial charge in [0.1, 0.15) is 35.2 Å². The van der Waals surface area contributed by atoms with E-state index in [1.165, 1.54) is 23.1 Å². The van der Waals surface area contributed by atoms with Crippen LogP contribution in [0.2, 0.25) is 0 Å². The number of nitrogens with two attached hydrogens (primary N) is 1. The number of benzene rings is 3. The fourth-order valence-corrected chi connectivity index (χ4v) is 10.7. The number of likely N-dealkylation sites (N-methyl/N-ethyl adjacent to an activating group) is 1. The number of nitrogen functional groups attached to an aromatic ring is 1. The van der Waals surface area contributed by atoms with Crippen molar-refractivity contribution in [2.45, 2.75) is 75.8 Å². The number of amides is 3. The van der Waals surface area contributed by atoms with Crippen LogP contribution in [0.1, 0.15) is 90.3 Å². The summed E-state index contributed by atoms with van der Waals surface area (Å²) in [6.07, 6.45) is 10.7. The molecule has 3 saturated heterocycles. The Balaban J connectivity index is 0.830. The van der Waals surface area contributed by atoms with Gasteiger partial charge in [0.2, 0.25) is 11.8 Å². The number of nitrogens with one attached hydrogen (secondary N) is 2. The smallest absolute Gasteiger partial charge is 0.330 e. The summed E-state index contributed by atoms with van der Waals surface area (Å²) >= 11 is 0. The lowest BCUT2D eigenvalue weighted by Gasteiger charge is -2.37. The number of aromatic nitrogens is 5. The van der Waals surface area contributed by atoms with Crippen LogP contribution in [0.5, 0.6) is 5.75 Å². The second kappa shape index (κ2) is 21.3.